The molecule has 0 saturated carbocycles. The van der Waals surface area contributed by atoms with Crippen LogP contribution in [0.2, 0.25) is 0 Å². The monoisotopic (exact) mass is 291 g/mol. The van der Waals surface area contributed by atoms with Crippen LogP contribution < -0.4 is 0 Å². The SMILES string of the molecule is Cc1ccc2ncc(CN3CCN(C)S3(=O)=O)cc2c1. The minimum atomic E-state index is -3.29. The quantitative estimate of drug-likeness (QED) is 0.843. The van der Waals surface area contributed by atoms with Gasteiger partial charge in [-0.2, -0.15) is 17.0 Å². The van der Waals surface area contributed by atoms with E-state index < -0.39 is 10.2 Å². The van der Waals surface area contributed by atoms with Gasteiger partial charge >= 0.3 is 0 Å². The van der Waals surface area contributed by atoms with E-state index >= 15 is 0 Å². The Labute approximate surface area is 119 Å². The molecular formula is C14H17N3O2S. The number of aryl methyl sites for hydroxylation is 1. The van der Waals surface area contributed by atoms with Crippen LogP contribution in [0.1, 0.15) is 11.1 Å². The fourth-order valence-corrected chi connectivity index (χ4v) is 3.76. The Bertz CT molecular complexity index is 758. The summed E-state index contributed by atoms with van der Waals surface area (Å²) < 4.78 is 27.0. The summed E-state index contributed by atoms with van der Waals surface area (Å²) in [6.07, 6.45) is 1.76. The lowest BCUT2D eigenvalue weighted by molar-refractivity contribution is 0.444. The standard InChI is InChI=1S/C14H17N3O2S/c1-11-3-4-14-13(7-11)8-12(9-15-14)10-17-6-5-16(2)20(17,18)19/h3-4,7-9H,5-6,10H2,1-2H3. The molecule has 106 valence electrons. The van der Waals surface area contributed by atoms with Crippen LogP contribution in [0.25, 0.3) is 10.9 Å². The third-order valence-corrected chi connectivity index (χ3v) is 5.57. The summed E-state index contributed by atoms with van der Waals surface area (Å²) in [5.41, 5.74) is 3.02. The zero-order chi connectivity index (χ0) is 14.3. The minimum absolute atomic E-state index is 0.379. The van der Waals surface area contributed by atoms with E-state index in [2.05, 4.69) is 11.1 Å². The molecule has 1 aromatic heterocycles. The molecule has 0 N–H and O–H groups in total. The van der Waals surface area contributed by atoms with Gasteiger partial charge in [-0.25, -0.2) is 0 Å². The van der Waals surface area contributed by atoms with Gasteiger partial charge in [0.05, 0.1) is 5.52 Å². The molecule has 1 aliphatic rings. The highest BCUT2D eigenvalue weighted by Crippen LogP contribution is 2.20. The molecule has 0 aliphatic carbocycles. The summed E-state index contributed by atoms with van der Waals surface area (Å²) >= 11 is 0. The molecule has 0 amide bonds. The van der Waals surface area contributed by atoms with Crippen LogP contribution in [0.5, 0.6) is 0 Å². The predicted octanol–water partition coefficient (Wildman–Crippen LogP) is 1.54. The Morgan fingerprint density at radius 2 is 2.05 bits per heavy atom. The molecule has 20 heavy (non-hydrogen) atoms. The Balaban J connectivity index is 1.92. The molecule has 0 atom stereocenters. The molecule has 5 nitrogen and oxygen atoms in total. The lowest BCUT2D eigenvalue weighted by Gasteiger charge is -2.15. The molecule has 2 aromatic rings. The first-order chi connectivity index (χ1) is 9.46. The van der Waals surface area contributed by atoms with Crippen LogP contribution in [0.3, 0.4) is 0 Å². The minimum Gasteiger partial charge on any atom is -0.256 e. The summed E-state index contributed by atoms with van der Waals surface area (Å²) in [5, 5.41) is 1.05. The maximum Gasteiger partial charge on any atom is 0.282 e. The smallest absolute Gasteiger partial charge is 0.256 e. The average Bonchev–Trinajstić information content (AvgIpc) is 2.65. The summed E-state index contributed by atoms with van der Waals surface area (Å²) in [5.74, 6) is 0. The highest BCUT2D eigenvalue weighted by Gasteiger charge is 2.33. The van der Waals surface area contributed by atoms with Gasteiger partial charge in [-0.3, -0.25) is 4.98 Å². The number of likely N-dealkylation sites (N-methyl/N-ethyl adjacent to an activating group) is 1. The number of rotatable bonds is 2. The van der Waals surface area contributed by atoms with Crippen molar-refractivity contribution in [3.63, 3.8) is 0 Å². The van der Waals surface area contributed by atoms with Gasteiger partial charge in [-0.1, -0.05) is 11.6 Å². The molecule has 1 aliphatic heterocycles. The van der Waals surface area contributed by atoms with E-state index in [-0.39, 0.29) is 0 Å². The largest absolute Gasteiger partial charge is 0.282 e. The molecule has 0 radical (unpaired) electrons. The maximum atomic E-state index is 12.0. The fourth-order valence-electron chi connectivity index (χ4n) is 2.43. The van der Waals surface area contributed by atoms with Gasteiger partial charge in [0, 0.05) is 38.3 Å². The van der Waals surface area contributed by atoms with Crippen molar-refractivity contribution in [2.24, 2.45) is 0 Å². The van der Waals surface area contributed by atoms with Crippen LogP contribution in [0.15, 0.2) is 30.5 Å². The van der Waals surface area contributed by atoms with Crippen molar-refractivity contribution in [1.29, 1.82) is 0 Å². The Kier molecular flexibility index (Phi) is 3.24. The topological polar surface area (TPSA) is 53.5 Å². The van der Waals surface area contributed by atoms with E-state index in [1.54, 1.807) is 13.2 Å². The molecule has 0 spiro atoms. The van der Waals surface area contributed by atoms with Crippen LogP contribution in [0, 0.1) is 6.92 Å². The number of aromatic nitrogens is 1. The van der Waals surface area contributed by atoms with Crippen molar-refractivity contribution in [3.05, 3.63) is 41.6 Å². The van der Waals surface area contributed by atoms with Crippen LogP contribution in [-0.4, -0.2) is 42.1 Å². The first-order valence-electron chi connectivity index (χ1n) is 6.53. The summed E-state index contributed by atoms with van der Waals surface area (Å²) in [6, 6.07) is 8.09. The zero-order valence-corrected chi connectivity index (χ0v) is 12.4. The second-order valence-corrected chi connectivity index (χ2v) is 7.24. The summed E-state index contributed by atoms with van der Waals surface area (Å²) in [6.45, 7) is 3.49. The highest BCUT2D eigenvalue weighted by molar-refractivity contribution is 7.86. The number of hydrogen-bond acceptors (Lipinski definition) is 3. The van der Waals surface area contributed by atoms with Crippen molar-refractivity contribution in [3.8, 4) is 0 Å². The number of nitrogens with zero attached hydrogens (tertiary/aromatic N) is 3. The van der Waals surface area contributed by atoms with Gasteiger partial charge in [-0.15, -0.1) is 0 Å². The van der Waals surface area contributed by atoms with Crippen molar-refractivity contribution in [1.82, 2.24) is 13.6 Å². The van der Waals surface area contributed by atoms with Crippen molar-refractivity contribution in [2.45, 2.75) is 13.5 Å². The van der Waals surface area contributed by atoms with Crippen LogP contribution in [-0.2, 0) is 16.8 Å². The second kappa shape index (κ2) is 4.80. The Morgan fingerprint density at radius 3 is 2.75 bits per heavy atom. The normalized spacial score (nSPS) is 19.7. The van der Waals surface area contributed by atoms with Crippen molar-refractivity contribution in [2.75, 3.05) is 20.1 Å². The predicted molar refractivity (Wildman–Crippen MR) is 78.4 cm³/mol. The van der Waals surface area contributed by atoms with Crippen LogP contribution in [0.4, 0.5) is 0 Å². The Morgan fingerprint density at radius 1 is 1.25 bits per heavy atom. The van der Waals surface area contributed by atoms with Crippen LogP contribution >= 0.6 is 0 Å². The van der Waals surface area contributed by atoms with E-state index in [9.17, 15) is 8.42 Å². The average molecular weight is 291 g/mol. The second-order valence-electron chi connectivity index (χ2n) is 5.20. The molecule has 0 unspecified atom stereocenters. The van der Waals surface area contributed by atoms with E-state index in [1.165, 1.54) is 14.2 Å². The number of benzene rings is 1. The number of pyridine rings is 1. The third-order valence-electron chi connectivity index (χ3n) is 3.64. The van der Waals surface area contributed by atoms with Gasteiger partial charge in [0.15, 0.2) is 0 Å². The molecule has 1 saturated heterocycles. The van der Waals surface area contributed by atoms with Gasteiger partial charge in [0.25, 0.3) is 10.2 Å². The van der Waals surface area contributed by atoms with E-state index in [1.807, 2.05) is 25.1 Å². The van der Waals surface area contributed by atoms with E-state index in [0.717, 1.165) is 16.5 Å². The first kappa shape index (κ1) is 13.5. The number of fused-ring (bicyclic) bond motifs is 1. The summed E-state index contributed by atoms with van der Waals surface area (Å²) in [7, 11) is -1.68. The van der Waals surface area contributed by atoms with Crippen molar-refractivity contribution >= 4 is 21.1 Å². The maximum absolute atomic E-state index is 12.0. The molecule has 2 heterocycles. The molecule has 1 fully saturated rings. The Hall–Kier alpha value is -1.50. The number of hydrogen-bond donors (Lipinski definition) is 0. The lowest BCUT2D eigenvalue weighted by Crippen LogP contribution is -2.30. The highest BCUT2D eigenvalue weighted by atomic mass is 32.2. The molecule has 6 heteroatoms. The van der Waals surface area contributed by atoms with Gasteiger partial charge in [0.2, 0.25) is 0 Å². The fraction of sp³-hybridized carbons (Fsp3) is 0.357. The lowest BCUT2D eigenvalue weighted by atomic mass is 10.1. The zero-order valence-electron chi connectivity index (χ0n) is 11.6. The van der Waals surface area contributed by atoms with Gasteiger partial charge in [0.1, 0.15) is 0 Å². The molecule has 1 aromatic carbocycles. The van der Waals surface area contributed by atoms with Crippen molar-refractivity contribution < 1.29 is 8.42 Å². The van der Waals surface area contributed by atoms with Gasteiger partial charge in [-0.05, 0) is 30.7 Å². The van der Waals surface area contributed by atoms with E-state index in [4.69, 9.17) is 0 Å². The molecule has 3 rings (SSSR count). The molecule has 0 bridgehead atoms. The summed E-state index contributed by atoms with van der Waals surface area (Å²) in [4.78, 5) is 4.40. The van der Waals surface area contributed by atoms with E-state index in [0.29, 0.717) is 19.6 Å². The first-order valence-corrected chi connectivity index (χ1v) is 7.93. The van der Waals surface area contributed by atoms with Gasteiger partial charge < -0.3 is 0 Å². The third kappa shape index (κ3) is 2.30. The molecular weight excluding hydrogens is 274 g/mol.